The first-order valence-electron chi connectivity index (χ1n) is 9.53. The fourth-order valence-corrected chi connectivity index (χ4v) is 3.59. The molecule has 0 bridgehead atoms. The van der Waals surface area contributed by atoms with Crippen molar-refractivity contribution in [2.45, 2.75) is 20.8 Å². The quantitative estimate of drug-likeness (QED) is 0.168. The lowest BCUT2D eigenvalue weighted by atomic mass is 9.97. The van der Waals surface area contributed by atoms with Crippen LogP contribution in [0.5, 0.6) is 0 Å². The maximum absolute atomic E-state index is 13.1. The number of hydrogen-bond donors (Lipinski definition) is 0. The third-order valence-electron chi connectivity index (χ3n) is 5.18. The van der Waals surface area contributed by atoms with Gasteiger partial charge in [0.2, 0.25) is 7.98 Å². The number of hydrogen-bond acceptors (Lipinski definition) is 4. The molecule has 146 valence electrons. The molecule has 0 fully saturated rings. The lowest BCUT2D eigenvalue weighted by Gasteiger charge is -2.05. The summed E-state index contributed by atoms with van der Waals surface area (Å²) in [7, 11) is 6.29. The van der Waals surface area contributed by atoms with E-state index in [1.807, 2.05) is 61.5 Å². The summed E-state index contributed by atoms with van der Waals surface area (Å²) < 4.78 is 1.61. The van der Waals surface area contributed by atoms with Crippen LogP contribution in [0.15, 0.2) is 65.8 Å². The molecule has 0 saturated carbocycles. The Balaban J connectivity index is 1.86. The van der Waals surface area contributed by atoms with E-state index in [2.05, 4.69) is 5.16 Å². The van der Waals surface area contributed by atoms with Crippen LogP contribution in [-0.4, -0.2) is 29.9 Å². The van der Waals surface area contributed by atoms with Gasteiger partial charge in [-0.3, -0.25) is 4.79 Å². The molecule has 4 aromatic rings. The van der Waals surface area contributed by atoms with Crippen LogP contribution >= 0.6 is 0 Å². The van der Waals surface area contributed by atoms with E-state index in [-0.39, 0.29) is 5.78 Å². The van der Waals surface area contributed by atoms with Gasteiger partial charge in [-0.2, -0.15) is 0 Å². The van der Waals surface area contributed by atoms with Crippen LogP contribution in [0.25, 0.3) is 21.8 Å². The van der Waals surface area contributed by atoms with Crippen molar-refractivity contribution in [1.82, 2.24) is 4.48 Å². The second-order valence-electron chi connectivity index (χ2n) is 7.24. The monoisotopic (exact) mass is 394 g/mol. The van der Waals surface area contributed by atoms with Gasteiger partial charge in [-0.05, 0) is 55.3 Å². The van der Waals surface area contributed by atoms with Crippen LogP contribution < -0.4 is 0 Å². The second-order valence-corrected chi connectivity index (χ2v) is 7.24. The number of oxime groups is 1. The van der Waals surface area contributed by atoms with Gasteiger partial charge in [0.15, 0.2) is 5.78 Å². The van der Waals surface area contributed by atoms with Crippen molar-refractivity contribution in [2.24, 2.45) is 5.16 Å². The number of carbonyl (C=O) groups excluding carboxylic acids is 2. The van der Waals surface area contributed by atoms with Gasteiger partial charge in [0, 0.05) is 39.9 Å². The highest BCUT2D eigenvalue weighted by atomic mass is 16.7. The van der Waals surface area contributed by atoms with E-state index in [1.54, 1.807) is 17.5 Å². The van der Waals surface area contributed by atoms with Crippen molar-refractivity contribution < 1.29 is 14.4 Å². The standard InChI is InChI=1S/C24H19BN2O3/c1-14-6-4-5-7-19(14)24(29)18-9-11-23-21(13-18)20-12-17(8-10-22(20)27(23)25)15(2)26-30-16(3)28/h4-13H,1-3H3/b26-15+. The SMILES string of the molecule is [B]n1c2ccc(C(=O)c3ccccc3C)cc2c2cc(/C(C)=N/OC(C)=O)ccc21. The largest absolute Gasteiger partial charge is 0.397 e. The molecule has 30 heavy (non-hydrogen) atoms. The summed E-state index contributed by atoms with van der Waals surface area (Å²) in [4.78, 5) is 28.9. The van der Waals surface area contributed by atoms with Gasteiger partial charge in [0.25, 0.3) is 0 Å². The van der Waals surface area contributed by atoms with Crippen molar-refractivity contribution in [2.75, 3.05) is 0 Å². The third-order valence-corrected chi connectivity index (χ3v) is 5.18. The third kappa shape index (κ3) is 3.41. The molecule has 0 N–H and O–H groups in total. The molecule has 6 heteroatoms. The zero-order valence-corrected chi connectivity index (χ0v) is 17.0. The molecule has 0 aliphatic heterocycles. The molecule has 0 unspecified atom stereocenters. The maximum Gasteiger partial charge on any atom is 0.331 e. The first kappa shape index (κ1) is 19.6. The van der Waals surface area contributed by atoms with Crippen molar-refractivity contribution >= 4 is 47.3 Å². The van der Waals surface area contributed by atoms with Gasteiger partial charge < -0.3 is 9.32 Å². The zero-order chi connectivity index (χ0) is 21.4. The van der Waals surface area contributed by atoms with Crippen LogP contribution in [0.1, 0.15) is 40.9 Å². The molecule has 0 aliphatic rings. The van der Waals surface area contributed by atoms with E-state index in [4.69, 9.17) is 12.8 Å². The Morgan fingerprint density at radius 3 is 2.13 bits per heavy atom. The van der Waals surface area contributed by atoms with Gasteiger partial charge >= 0.3 is 5.97 Å². The van der Waals surface area contributed by atoms with Gasteiger partial charge in [0.05, 0.1) is 5.71 Å². The maximum atomic E-state index is 13.1. The minimum atomic E-state index is -0.478. The lowest BCUT2D eigenvalue weighted by molar-refractivity contribution is -0.140. The molecule has 1 aromatic heterocycles. The molecule has 3 aromatic carbocycles. The number of rotatable bonds is 4. The van der Waals surface area contributed by atoms with Gasteiger partial charge in [0.1, 0.15) is 0 Å². The number of ketones is 1. The average molecular weight is 394 g/mol. The fourth-order valence-electron chi connectivity index (χ4n) is 3.59. The predicted molar refractivity (Wildman–Crippen MR) is 119 cm³/mol. The highest BCUT2D eigenvalue weighted by Crippen LogP contribution is 2.30. The smallest absolute Gasteiger partial charge is 0.331 e. The van der Waals surface area contributed by atoms with Crippen molar-refractivity contribution in [3.63, 3.8) is 0 Å². The first-order valence-corrected chi connectivity index (χ1v) is 9.53. The summed E-state index contributed by atoms with van der Waals surface area (Å²) in [5, 5.41) is 5.62. The Kier molecular flexibility index (Phi) is 5.00. The highest BCUT2D eigenvalue weighted by molar-refractivity contribution is 6.23. The fraction of sp³-hybridized carbons (Fsp3) is 0.125. The summed E-state index contributed by atoms with van der Waals surface area (Å²) in [5.41, 5.74) is 5.22. The number of nitrogens with zero attached hydrogens (tertiary/aromatic N) is 2. The van der Waals surface area contributed by atoms with Gasteiger partial charge in [-0.15, -0.1) is 0 Å². The molecular formula is C24H19BN2O3. The minimum absolute atomic E-state index is 0.0309. The van der Waals surface area contributed by atoms with Crippen molar-refractivity contribution in [1.29, 1.82) is 0 Å². The Hall–Kier alpha value is -3.67. The molecule has 1 heterocycles. The number of fused-ring (bicyclic) bond motifs is 3. The summed E-state index contributed by atoms with van der Waals surface area (Å²) in [6.45, 7) is 4.99. The summed E-state index contributed by atoms with van der Waals surface area (Å²) in [6, 6.07) is 18.8. The minimum Gasteiger partial charge on any atom is -0.397 e. The second kappa shape index (κ2) is 7.63. The molecule has 0 spiro atoms. The number of aromatic nitrogens is 1. The Bertz CT molecular complexity index is 1350. The van der Waals surface area contributed by atoms with E-state index in [0.717, 1.165) is 32.9 Å². The van der Waals surface area contributed by atoms with E-state index in [1.165, 1.54) is 6.92 Å². The molecule has 0 amide bonds. The summed E-state index contributed by atoms with van der Waals surface area (Å²) in [5.74, 6) is -0.509. The molecule has 0 aliphatic carbocycles. The Morgan fingerprint density at radius 2 is 1.50 bits per heavy atom. The molecule has 0 saturated heterocycles. The van der Waals surface area contributed by atoms with Crippen LogP contribution in [0.2, 0.25) is 0 Å². The van der Waals surface area contributed by atoms with E-state index in [0.29, 0.717) is 16.8 Å². The van der Waals surface area contributed by atoms with E-state index >= 15 is 0 Å². The number of aryl methyl sites for hydroxylation is 1. The molecule has 4 rings (SSSR count). The average Bonchev–Trinajstić information content (AvgIpc) is 3.03. The summed E-state index contributed by atoms with van der Waals surface area (Å²) in [6.07, 6.45) is 0. The van der Waals surface area contributed by atoms with Crippen LogP contribution in [0.4, 0.5) is 0 Å². The molecule has 0 atom stereocenters. The van der Waals surface area contributed by atoms with Gasteiger partial charge in [-0.25, -0.2) is 4.79 Å². The van der Waals surface area contributed by atoms with Crippen LogP contribution in [0.3, 0.4) is 0 Å². The van der Waals surface area contributed by atoms with Crippen molar-refractivity contribution in [3.8, 4) is 0 Å². The lowest BCUT2D eigenvalue weighted by Crippen LogP contribution is -2.03. The van der Waals surface area contributed by atoms with E-state index in [9.17, 15) is 9.59 Å². The first-order chi connectivity index (χ1) is 14.4. The van der Waals surface area contributed by atoms with Crippen LogP contribution in [0, 0.1) is 6.92 Å². The zero-order valence-electron chi connectivity index (χ0n) is 17.0. The van der Waals surface area contributed by atoms with Gasteiger partial charge in [-0.1, -0.05) is 35.5 Å². The number of carbonyl (C=O) groups is 2. The molecule has 5 nitrogen and oxygen atoms in total. The molecular weight excluding hydrogens is 375 g/mol. The summed E-state index contributed by atoms with van der Waals surface area (Å²) >= 11 is 0. The normalized spacial score (nSPS) is 11.8. The highest BCUT2D eigenvalue weighted by Gasteiger charge is 2.15. The van der Waals surface area contributed by atoms with Crippen molar-refractivity contribution in [3.05, 3.63) is 82.9 Å². The number of benzene rings is 3. The predicted octanol–water partition coefficient (Wildman–Crippen LogP) is 4.55. The Labute approximate surface area is 175 Å². The molecule has 2 radical (unpaired) electrons. The van der Waals surface area contributed by atoms with E-state index < -0.39 is 5.97 Å². The van der Waals surface area contributed by atoms with Crippen LogP contribution in [-0.2, 0) is 9.63 Å². The topological polar surface area (TPSA) is 60.7 Å². The Morgan fingerprint density at radius 1 is 0.900 bits per heavy atom.